The number of aromatic nitrogens is 1. The number of nitrogens with zero attached hydrogens (tertiary/aromatic N) is 3. The van der Waals surface area contributed by atoms with Crippen molar-refractivity contribution in [2.24, 2.45) is 5.92 Å². The Bertz CT molecular complexity index is 1070. The summed E-state index contributed by atoms with van der Waals surface area (Å²) in [5, 5.41) is 15.5. The molecule has 1 aromatic carbocycles. The number of carboxylic acids is 2. The average Bonchev–Trinajstić information content (AvgIpc) is 2.80. The number of para-hydroxylation sites is 1. The molecule has 4 rings (SSSR count). The summed E-state index contributed by atoms with van der Waals surface area (Å²) in [7, 11) is 4.11. The molecule has 0 saturated carbocycles. The monoisotopic (exact) mass is 553 g/mol. The van der Waals surface area contributed by atoms with Gasteiger partial charge in [-0.3, -0.25) is 14.8 Å². The molecule has 212 valence electrons. The van der Waals surface area contributed by atoms with Crippen molar-refractivity contribution in [3.05, 3.63) is 42.1 Å². The molecule has 2 saturated heterocycles. The highest BCUT2D eigenvalue weighted by molar-refractivity contribution is 5.78. The van der Waals surface area contributed by atoms with Crippen LogP contribution in [0.4, 0.5) is 26.3 Å². The zero-order valence-corrected chi connectivity index (χ0v) is 20.7. The zero-order valence-electron chi connectivity index (χ0n) is 20.7. The SMILES string of the molecule is COCC1CCN(C)C2(C1)CN(Cc1ccc3ccccc3n1)C2.O=C(O)C(F)(F)F.O=C(O)C(F)(F)F. The molecule has 38 heavy (non-hydrogen) atoms. The first-order chi connectivity index (χ1) is 17.6. The molecule has 1 aromatic heterocycles. The quantitative estimate of drug-likeness (QED) is 0.547. The number of piperidine rings is 1. The fourth-order valence-corrected chi connectivity index (χ4v) is 4.48. The number of rotatable bonds is 4. The lowest BCUT2D eigenvalue weighted by molar-refractivity contribution is -0.193. The molecule has 0 radical (unpaired) electrons. The third-order valence-corrected chi connectivity index (χ3v) is 6.32. The molecule has 2 N–H and O–H groups in total. The number of likely N-dealkylation sites (tertiary alicyclic amines) is 2. The normalized spacial score (nSPS) is 19.5. The van der Waals surface area contributed by atoms with Crippen LogP contribution in [-0.2, 0) is 20.9 Å². The third kappa shape index (κ3) is 8.81. The topological polar surface area (TPSA) is 103 Å². The number of hydrogen-bond acceptors (Lipinski definition) is 6. The van der Waals surface area contributed by atoms with Gasteiger partial charge in [0, 0.05) is 44.3 Å². The van der Waals surface area contributed by atoms with E-state index in [0.717, 1.165) is 31.8 Å². The minimum Gasteiger partial charge on any atom is -0.475 e. The molecular weight excluding hydrogens is 524 g/mol. The Morgan fingerprint density at radius 3 is 2.11 bits per heavy atom. The van der Waals surface area contributed by atoms with Crippen LogP contribution in [0.3, 0.4) is 0 Å². The van der Waals surface area contributed by atoms with Crippen LogP contribution in [0.1, 0.15) is 18.5 Å². The average molecular weight is 554 g/mol. The van der Waals surface area contributed by atoms with Gasteiger partial charge in [0.25, 0.3) is 0 Å². The van der Waals surface area contributed by atoms with Crippen molar-refractivity contribution in [2.75, 3.05) is 40.4 Å². The van der Waals surface area contributed by atoms with Crippen molar-refractivity contribution in [1.82, 2.24) is 14.8 Å². The van der Waals surface area contributed by atoms with E-state index in [1.54, 1.807) is 0 Å². The third-order valence-electron chi connectivity index (χ3n) is 6.32. The summed E-state index contributed by atoms with van der Waals surface area (Å²) in [6.45, 7) is 5.35. The van der Waals surface area contributed by atoms with E-state index >= 15 is 0 Å². The number of benzene rings is 1. The Hall–Kier alpha value is -2.97. The van der Waals surface area contributed by atoms with E-state index in [2.05, 4.69) is 53.2 Å². The van der Waals surface area contributed by atoms with Crippen molar-refractivity contribution in [1.29, 1.82) is 0 Å². The lowest BCUT2D eigenvalue weighted by Gasteiger charge is -2.58. The summed E-state index contributed by atoms with van der Waals surface area (Å²) >= 11 is 0. The first-order valence-corrected chi connectivity index (χ1v) is 11.4. The lowest BCUT2D eigenvalue weighted by Crippen LogP contribution is -2.71. The predicted octanol–water partition coefficient (Wildman–Crippen LogP) is 4.04. The van der Waals surface area contributed by atoms with Crippen molar-refractivity contribution in [2.45, 2.75) is 37.3 Å². The standard InChI is InChI=1S/C20H27N3O.2C2HF3O2/c1-22-10-9-16(13-24-2)11-20(22)14-23(15-20)12-18-8-7-17-5-3-4-6-19(17)21-18;2*3-2(4,5)1(6)7/h3-8,16H,9-15H2,1-2H3;2*(H,6,7). The van der Waals surface area contributed by atoms with E-state index in [0.29, 0.717) is 11.5 Å². The number of hydrogen-bond donors (Lipinski definition) is 2. The van der Waals surface area contributed by atoms with Crippen molar-refractivity contribution in [3.8, 4) is 0 Å². The van der Waals surface area contributed by atoms with Crippen LogP contribution in [0.15, 0.2) is 36.4 Å². The van der Waals surface area contributed by atoms with Gasteiger partial charge in [-0.05, 0) is 44.5 Å². The van der Waals surface area contributed by atoms with Crippen LogP contribution in [-0.4, -0.2) is 95.2 Å². The van der Waals surface area contributed by atoms with Gasteiger partial charge in [0.2, 0.25) is 0 Å². The number of halogens is 6. The molecule has 0 aliphatic carbocycles. The van der Waals surface area contributed by atoms with Crippen LogP contribution in [0.25, 0.3) is 10.9 Å². The van der Waals surface area contributed by atoms with Crippen molar-refractivity contribution >= 4 is 22.8 Å². The van der Waals surface area contributed by atoms with Crippen LogP contribution in [0, 0.1) is 5.92 Å². The summed E-state index contributed by atoms with van der Waals surface area (Å²) in [5.74, 6) is -4.80. The van der Waals surface area contributed by atoms with E-state index in [1.165, 1.54) is 30.5 Å². The first-order valence-electron chi connectivity index (χ1n) is 11.4. The van der Waals surface area contributed by atoms with Crippen molar-refractivity contribution < 1.29 is 50.9 Å². The number of methoxy groups -OCH3 is 1. The molecule has 1 unspecified atom stereocenters. The van der Waals surface area contributed by atoms with Gasteiger partial charge in [0.1, 0.15) is 0 Å². The first kappa shape index (κ1) is 31.2. The van der Waals surface area contributed by atoms with Gasteiger partial charge >= 0.3 is 24.3 Å². The summed E-state index contributed by atoms with van der Waals surface area (Å²) < 4.78 is 68.9. The van der Waals surface area contributed by atoms with Gasteiger partial charge in [0.15, 0.2) is 0 Å². The molecule has 0 bridgehead atoms. The second-order valence-electron chi connectivity index (χ2n) is 9.21. The Kier molecular flexibility index (Phi) is 10.5. The molecule has 1 spiro atoms. The fraction of sp³-hybridized carbons (Fsp3) is 0.542. The zero-order chi connectivity index (χ0) is 28.7. The van der Waals surface area contributed by atoms with Gasteiger partial charge in [-0.1, -0.05) is 24.3 Å². The largest absolute Gasteiger partial charge is 0.490 e. The summed E-state index contributed by atoms with van der Waals surface area (Å²) in [6, 6.07) is 12.7. The number of ether oxygens (including phenoxy) is 1. The van der Waals surface area contributed by atoms with E-state index in [-0.39, 0.29) is 0 Å². The lowest BCUT2D eigenvalue weighted by atomic mass is 9.75. The molecule has 14 heteroatoms. The number of pyridine rings is 1. The fourth-order valence-electron chi connectivity index (χ4n) is 4.48. The summed E-state index contributed by atoms with van der Waals surface area (Å²) in [4.78, 5) is 27.7. The molecule has 2 fully saturated rings. The molecule has 0 amide bonds. The van der Waals surface area contributed by atoms with Gasteiger partial charge < -0.3 is 14.9 Å². The molecular formula is C24H29F6N3O5. The minimum absolute atomic E-state index is 0.359. The van der Waals surface area contributed by atoms with Crippen LogP contribution >= 0.6 is 0 Å². The summed E-state index contributed by atoms with van der Waals surface area (Å²) in [6.07, 6.45) is -7.64. The molecule has 2 aliphatic rings. The van der Waals surface area contributed by atoms with Crippen LogP contribution < -0.4 is 0 Å². The second-order valence-corrected chi connectivity index (χ2v) is 9.21. The van der Waals surface area contributed by atoms with Crippen molar-refractivity contribution in [3.63, 3.8) is 0 Å². The molecule has 3 heterocycles. The number of carboxylic acid groups (broad SMARTS) is 2. The van der Waals surface area contributed by atoms with Crippen LogP contribution in [0.5, 0.6) is 0 Å². The maximum Gasteiger partial charge on any atom is 0.490 e. The van der Waals surface area contributed by atoms with Gasteiger partial charge in [-0.15, -0.1) is 0 Å². The Morgan fingerprint density at radius 2 is 1.58 bits per heavy atom. The predicted molar refractivity (Wildman–Crippen MR) is 124 cm³/mol. The number of fused-ring (bicyclic) bond motifs is 1. The Morgan fingerprint density at radius 1 is 1.03 bits per heavy atom. The highest BCUT2D eigenvalue weighted by atomic mass is 19.4. The Labute approximate surface area is 214 Å². The second kappa shape index (κ2) is 12.7. The van der Waals surface area contributed by atoms with Gasteiger partial charge in [-0.25, -0.2) is 9.59 Å². The van der Waals surface area contributed by atoms with E-state index < -0.39 is 24.3 Å². The smallest absolute Gasteiger partial charge is 0.475 e. The van der Waals surface area contributed by atoms with E-state index in [4.69, 9.17) is 29.5 Å². The maximum absolute atomic E-state index is 10.6. The molecule has 2 aromatic rings. The maximum atomic E-state index is 10.6. The number of likely N-dealkylation sites (N-methyl/N-ethyl adjacent to an activating group) is 1. The van der Waals surface area contributed by atoms with Gasteiger partial charge in [0.05, 0.1) is 11.2 Å². The number of alkyl halides is 6. The molecule has 8 nitrogen and oxygen atoms in total. The molecule has 1 atom stereocenters. The molecule has 2 aliphatic heterocycles. The number of carbonyl (C=O) groups is 2. The van der Waals surface area contributed by atoms with Gasteiger partial charge in [-0.2, -0.15) is 26.3 Å². The number of aliphatic carboxylic acids is 2. The Balaban J connectivity index is 0.000000301. The van der Waals surface area contributed by atoms with E-state index in [1.807, 2.05) is 7.11 Å². The summed E-state index contributed by atoms with van der Waals surface area (Å²) in [5.41, 5.74) is 2.63. The van der Waals surface area contributed by atoms with E-state index in [9.17, 15) is 26.3 Å². The highest BCUT2D eigenvalue weighted by Crippen LogP contribution is 2.38. The highest BCUT2D eigenvalue weighted by Gasteiger charge is 2.49. The van der Waals surface area contributed by atoms with Crippen LogP contribution in [0.2, 0.25) is 0 Å². The minimum atomic E-state index is -5.08.